The lowest BCUT2D eigenvalue weighted by molar-refractivity contribution is -0.148. The quantitative estimate of drug-likeness (QED) is 0.678. The second kappa shape index (κ2) is 8.11. The molecular weight excluding hydrogens is 204 g/mol. The minimum atomic E-state index is -0.907. The predicted octanol–water partition coefficient (Wildman–Crippen LogP) is 3.17. The Hall–Kier alpha value is -1.09. The summed E-state index contributed by atoms with van der Waals surface area (Å²) in [5, 5.41) is 8.77. The van der Waals surface area contributed by atoms with Crippen molar-refractivity contribution in [1.29, 1.82) is 0 Å². The van der Waals surface area contributed by atoms with Crippen molar-refractivity contribution in [2.45, 2.75) is 46.1 Å². The van der Waals surface area contributed by atoms with Gasteiger partial charge in [0.05, 0.1) is 0 Å². The Kier molecular flexibility index (Phi) is 7.56. The first-order valence-corrected chi connectivity index (χ1v) is 5.52. The number of allylic oxidation sites excluding steroid dienone is 3. The molecule has 0 aromatic heterocycles. The molecule has 0 heterocycles. The number of carboxylic acids is 1. The van der Waals surface area contributed by atoms with Crippen LogP contribution in [0.2, 0.25) is 0 Å². The summed E-state index contributed by atoms with van der Waals surface area (Å²) < 4.78 is 4.85. The topological polar surface area (TPSA) is 46.5 Å². The van der Waals surface area contributed by atoms with E-state index in [0.29, 0.717) is 6.42 Å². The molecule has 0 aliphatic rings. The van der Waals surface area contributed by atoms with Crippen molar-refractivity contribution in [3.63, 3.8) is 0 Å². The van der Waals surface area contributed by atoms with E-state index < -0.39 is 12.1 Å². The third kappa shape index (κ3) is 7.23. The van der Waals surface area contributed by atoms with Gasteiger partial charge in [0.15, 0.2) is 6.10 Å². The summed E-state index contributed by atoms with van der Waals surface area (Å²) in [5.74, 6) is -0.907. The number of methoxy groups -OCH3 is 1. The maximum absolute atomic E-state index is 10.7. The molecular formula is C13H22O3. The zero-order chi connectivity index (χ0) is 12.6. The van der Waals surface area contributed by atoms with Crippen LogP contribution in [0.1, 0.15) is 40.0 Å². The highest BCUT2D eigenvalue weighted by Crippen LogP contribution is 2.09. The molecule has 1 unspecified atom stereocenters. The van der Waals surface area contributed by atoms with Crippen molar-refractivity contribution in [3.05, 3.63) is 23.3 Å². The highest BCUT2D eigenvalue weighted by Gasteiger charge is 2.13. The van der Waals surface area contributed by atoms with E-state index in [-0.39, 0.29) is 0 Å². The van der Waals surface area contributed by atoms with E-state index in [2.05, 4.69) is 19.9 Å². The third-order valence-electron chi connectivity index (χ3n) is 2.33. The summed E-state index contributed by atoms with van der Waals surface area (Å²) in [7, 11) is 1.42. The zero-order valence-electron chi connectivity index (χ0n) is 10.6. The lowest BCUT2D eigenvalue weighted by atomic mass is 10.1. The summed E-state index contributed by atoms with van der Waals surface area (Å²) >= 11 is 0. The first-order valence-electron chi connectivity index (χ1n) is 5.52. The lowest BCUT2D eigenvalue weighted by Crippen LogP contribution is -2.21. The molecule has 3 nitrogen and oxygen atoms in total. The van der Waals surface area contributed by atoms with E-state index >= 15 is 0 Å². The Morgan fingerprint density at radius 2 is 1.94 bits per heavy atom. The zero-order valence-corrected chi connectivity index (χ0v) is 10.6. The minimum absolute atomic E-state index is 0.437. The molecule has 0 aromatic carbocycles. The Morgan fingerprint density at radius 3 is 2.38 bits per heavy atom. The van der Waals surface area contributed by atoms with Gasteiger partial charge in [-0.3, -0.25) is 0 Å². The molecule has 0 bridgehead atoms. The normalized spacial score (nSPS) is 13.4. The van der Waals surface area contributed by atoms with Crippen LogP contribution in [0, 0.1) is 0 Å². The fourth-order valence-electron chi connectivity index (χ4n) is 1.30. The largest absolute Gasteiger partial charge is 0.479 e. The monoisotopic (exact) mass is 226 g/mol. The standard InChI is InChI=1S/C13H22O3/c1-10(2)6-5-7-11(3)8-9-12(16-4)13(14)15/h6,8,12H,5,7,9H2,1-4H3,(H,14,15)/b11-8+. The van der Waals surface area contributed by atoms with Crippen LogP contribution in [0.15, 0.2) is 23.3 Å². The number of hydrogen-bond acceptors (Lipinski definition) is 2. The van der Waals surface area contributed by atoms with Crippen molar-refractivity contribution in [1.82, 2.24) is 0 Å². The average molecular weight is 226 g/mol. The molecule has 0 radical (unpaired) electrons. The van der Waals surface area contributed by atoms with E-state index in [4.69, 9.17) is 9.84 Å². The van der Waals surface area contributed by atoms with Crippen LogP contribution in [-0.4, -0.2) is 24.3 Å². The van der Waals surface area contributed by atoms with Gasteiger partial charge in [0.1, 0.15) is 0 Å². The van der Waals surface area contributed by atoms with Crippen LogP contribution in [-0.2, 0) is 9.53 Å². The third-order valence-corrected chi connectivity index (χ3v) is 2.33. The van der Waals surface area contributed by atoms with Gasteiger partial charge in [-0.25, -0.2) is 4.79 Å². The number of hydrogen-bond donors (Lipinski definition) is 1. The maximum Gasteiger partial charge on any atom is 0.333 e. The van der Waals surface area contributed by atoms with Crippen LogP contribution >= 0.6 is 0 Å². The Morgan fingerprint density at radius 1 is 1.31 bits per heavy atom. The molecule has 0 saturated carbocycles. The number of rotatable bonds is 7. The second-order valence-electron chi connectivity index (χ2n) is 4.17. The molecule has 0 spiro atoms. The molecule has 1 atom stereocenters. The highest BCUT2D eigenvalue weighted by atomic mass is 16.5. The van der Waals surface area contributed by atoms with Gasteiger partial charge in [0, 0.05) is 13.5 Å². The second-order valence-corrected chi connectivity index (χ2v) is 4.17. The van der Waals surface area contributed by atoms with Crippen LogP contribution in [0.25, 0.3) is 0 Å². The highest BCUT2D eigenvalue weighted by molar-refractivity contribution is 5.72. The van der Waals surface area contributed by atoms with Crippen molar-refractivity contribution < 1.29 is 14.6 Å². The Balaban J connectivity index is 4.03. The maximum atomic E-state index is 10.7. The van der Waals surface area contributed by atoms with Gasteiger partial charge in [0.2, 0.25) is 0 Å². The minimum Gasteiger partial charge on any atom is -0.479 e. The van der Waals surface area contributed by atoms with Crippen molar-refractivity contribution in [2.24, 2.45) is 0 Å². The molecule has 1 N–H and O–H groups in total. The first kappa shape index (κ1) is 14.9. The number of carbonyl (C=O) groups is 1. The molecule has 0 aliphatic carbocycles. The van der Waals surface area contributed by atoms with Crippen LogP contribution in [0.5, 0.6) is 0 Å². The Bertz CT molecular complexity index is 273. The van der Waals surface area contributed by atoms with Crippen LogP contribution in [0.4, 0.5) is 0 Å². The summed E-state index contributed by atoms with van der Waals surface area (Å²) in [5.41, 5.74) is 2.52. The van der Waals surface area contributed by atoms with Crippen molar-refractivity contribution in [3.8, 4) is 0 Å². The van der Waals surface area contributed by atoms with Crippen LogP contribution < -0.4 is 0 Å². The predicted molar refractivity (Wildman–Crippen MR) is 65.5 cm³/mol. The molecule has 0 aromatic rings. The van der Waals surface area contributed by atoms with Gasteiger partial charge < -0.3 is 9.84 Å². The summed E-state index contributed by atoms with van der Waals surface area (Å²) in [6.45, 7) is 6.17. The van der Waals surface area contributed by atoms with Gasteiger partial charge in [-0.1, -0.05) is 23.3 Å². The number of carboxylic acid groups (broad SMARTS) is 1. The molecule has 0 fully saturated rings. The summed E-state index contributed by atoms with van der Waals surface area (Å²) in [6.07, 6.45) is 5.82. The molecule has 3 heteroatoms. The van der Waals surface area contributed by atoms with E-state index in [1.807, 2.05) is 13.0 Å². The van der Waals surface area contributed by atoms with Gasteiger partial charge in [-0.15, -0.1) is 0 Å². The molecule has 0 saturated heterocycles. The molecule has 92 valence electrons. The molecule has 0 rings (SSSR count). The van der Waals surface area contributed by atoms with Crippen molar-refractivity contribution in [2.75, 3.05) is 7.11 Å². The van der Waals surface area contributed by atoms with E-state index in [9.17, 15) is 4.79 Å². The van der Waals surface area contributed by atoms with Crippen LogP contribution in [0.3, 0.4) is 0 Å². The SMILES string of the molecule is COC(C/C=C(\C)CCC=C(C)C)C(=O)O. The number of aliphatic carboxylic acids is 1. The lowest BCUT2D eigenvalue weighted by Gasteiger charge is -2.07. The first-order chi connectivity index (χ1) is 7.47. The molecule has 16 heavy (non-hydrogen) atoms. The van der Waals surface area contributed by atoms with E-state index in [1.165, 1.54) is 18.3 Å². The Labute approximate surface area is 97.8 Å². The van der Waals surface area contributed by atoms with Crippen molar-refractivity contribution >= 4 is 5.97 Å². The summed E-state index contributed by atoms with van der Waals surface area (Å²) in [6, 6.07) is 0. The average Bonchev–Trinajstić information content (AvgIpc) is 2.17. The molecule has 0 aliphatic heterocycles. The van der Waals surface area contributed by atoms with Gasteiger partial charge in [-0.05, 0) is 33.6 Å². The smallest absolute Gasteiger partial charge is 0.333 e. The van der Waals surface area contributed by atoms with E-state index in [1.54, 1.807) is 0 Å². The number of ether oxygens (including phenoxy) is 1. The fourth-order valence-corrected chi connectivity index (χ4v) is 1.30. The molecule has 0 amide bonds. The van der Waals surface area contributed by atoms with E-state index in [0.717, 1.165) is 12.8 Å². The van der Waals surface area contributed by atoms with Gasteiger partial charge in [0.25, 0.3) is 0 Å². The van der Waals surface area contributed by atoms with Gasteiger partial charge >= 0.3 is 5.97 Å². The fraction of sp³-hybridized carbons (Fsp3) is 0.615. The van der Waals surface area contributed by atoms with Gasteiger partial charge in [-0.2, -0.15) is 0 Å². The summed E-state index contributed by atoms with van der Waals surface area (Å²) in [4.78, 5) is 10.7.